The van der Waals surface area contributed by atoms with E-state index in [4.69, 9.17) is 4.74 Å². The highest BCUT2D eigenvalue weighted by Crippen LogP contribution is 2.41. The van der Waals surface area contributed by atoms with Crippen molar-refractivity contribution in [3.05, 3.63) is 48.0 Å². The van der Waals surface area contributed by atoms with Gasteiger partial charge in [0, 0.05) is 0 Å². The van der Waals surface area contributed by atoms with E-state index >= 15 is 0 Å². The van der Waals surface area contributed by atoms with Crippen LogP contribution in [0.2, 0.25) is 0 Å². The second-order valence-corrected chi connectivity index (χ2v) is 5.22. The molecule has 0 bridgehead atoms. The normalized spacial score (nSPS) is 28.7. The summed E-state index contributed by atoms with van der Waals surface area (Å²) in [4.78, 5) is 0. The van der Waals surface area contributed by atoms with Crippen molar-refractivity contribution in [1.29, 1.82) is 0 Å². The maximum Gasteiger partial charge on any atom is 0.0913 e. The van der Waals surface area contributed by atoms with Crippen molar-refractivity contribution in [3.8, 4) is 0 Å². The van der Waals surface area contributed by atoms with E-state index < -0.39 is 0 Å². The summed E-state index contributed by atoms with van der Waals surface area (Å²) < 4.78 is 6.14. The standard InChI is InChI=1S/C16H18O/c1-12-10-11-16(2,17-12)15-9-5-7-13-6-3-4-8-14(13)15/h3-9,12H,10-11H2,1-2H3. The third-order valence-corrected chi connectivity index (χ3v) is 3.85. The molecule has 3 rings (SSSR count). The van der Waals surface area contributed by atoms with Crippen LogP contribution in [0.15, 0.2) is 42.5 Å². The predicted molar refractivity (Wildman–Crippen MR) is 71.1 cm³/mol. The van der Waals surface area contributed by atoms with Crippen molar-refractivity contribution in [2.24, 2.45) is 0 Å². The van der Waals surface area contributed by atoms with Crippen molar-refractivity contribution in [2.45, 2.75) is 38.4 Å². The molecule has 1 fully saturated rings. The Morgan fingerprint density at radius 3 is 2.65 bits per heavy atom. The Kier molecular flexibility index (Phi) is 2.44. The van der Waals surface area contributed by atoms with E-state index in [-0.39, 0.29) is 5.60 Å². The monoisotopic (exact) mass is 226 g/mol. The molecular weight excluding hydrogens is 208 g/mol. The van der Waals surface area contributed by atoms with Crippen molar-refractivity contribution in [1.82, 2.24) is 0 Å². The first kappa shape index (κ1) is 10.8. The van der Waals surface area contributed by atoms with Gasteiger partial charge < -0.3 is 4.74 Å². The molecule has 2 unspecified atom stereocenters. The largest absolute Gasteiger partial charge is 0.368 e. The van der Waals surface area contributed by atoms with Gasteiger partial charge in [-0.1, -0.05) is 42.5 Å². The second-order valence-electron chi connectivity index (χ2n) is 5.22. The first-order chi connectivity index (χ1) is 8.19. The van der Waals surface area contributed by atoms with Crippen LogP contribution in [0.3, 0.4) is 0 Å². The van der Waals surface area contributed by atoms with Crippen molar-refractivity contribution >= 4 is 10.8 Å². The Balaban J connectivity index is 2.17. The molecule has 0 saturated carbocycles. The van der Waals surface area contributed by atoms with Crippen LogP contribution >= 0.6 is 0 Å². The molecule has 0 aliphatic carbocycles. The minimum Gasteiger partial charge on any atom is -0.368 e. The van der Waals surface area contributed by atoms with Gasteiger partial charge in [-0.25, -0.2) is 0 Å². The Morgan fingerprint density at radius 2 is 1.88 bits per heavy atom. The fourth-order valence-corrected chi connectivity index (χ4v) is 2.93. The van der Waals surface area contributed by atoms with E-state index in [0.717, 1.165) is 12.8 Å². The van der Waals surface area contributed by atoms with Gasteiger partial charge in [-0.3, -0.25) is 0 Å². The fourth-order valence-electron chi connectivity index (χ4n) is 2.93. The molecule has 1 heterocycles. The SMILES string of the molecule is CC1CCC(C)(c2cccc3ccccc23)O1. The molecule has 2 atom stereocenters. The minimum atomic E-state index is -0.111. The highest BCUT2D eigenvalue weighted by molar-refractivity contribution is 5.86. The molecule has 88 valence electrons. The van der Waals surface area contributed by atoms with Gasteiger partial charge in [0.15, 0.2) is 0 Å². The molecule has 1 aliphatic heterocycles. The predicted octanol–water partition coefficient (Wildman–Crippen LogP) is 4.25. The molecule has 2 aromatic rings. The number of fused-ring (bicyclic) bond motifs is 1. The first-order valence-corrected chi connectivity index (χ1v) is 6.35. The number of ether oxygens (including phenoxy) is 1. The summed E-state index contributed by atoms with van der Waals surface area (Å²) in [5.41, 5.74) is 1.22. The van der Waals surface area contributed by atoms with Gasteiger partial charge in [0.2, 0.25) is 0 Å². The van der Waals surface area contributed by atoms with Gasteiger partial charge in [-0.05, 0) is 43.0 Å². The third kappa shape index (κ3) is 1.75. The number of hydrogen-bond acceptors (Lipinski definition) is 1. The summed E-state index contributed by atoms with van der Waals surface area (Å²) >= 11 is 0. The van der Waals surface area contributed by atoms with E-state index in [9.17, 15) is 0 Å². The smallest absolute Gasteiger partial charge is 0.0913 e. The zero-order valence-corrected chi connectivity index (χ0v) is 10.4. The van der Waals surface area contributed by atoms with E-state index in [1.54, 1.807) is 0 Å². The van der Waals surface area contributed by atoms with Crippen LogP contribution in [0.5, 0.6) is 0 Å². The number of hydrogen-bond donors (Lipinski definition) is 0. The summed E-state index contributed by atoms with van der Waals surface area (Å²) in [7, 11) is 0. The van der Waals surface area contributed by atoms with Crippen LogP contribution in [0.1, 0.15) is 32.3 Å². The van der Waals surface area contributed by atoms with Gasteiger partial charge >= 0.3 is 0 Å². The lowest BCUT2D eigenvalue weighted by Crippen LogP contribution is -2.21. The Hall–Kier alpha value is -1.34. The summed E-state index contributed by atoms with van der Waals surface area (Å²) in [5, 5.41) is 2.63. The molecule has 0 radical (unpaired) electrons. The van der Waals surface area contributed by atoms with Crippen LogP contribution in [-0.2, 0) is 10.3 Å². The molecule has 0 aromatic heterocycles. The number of benzene rings is 2. The molecule has 2 aromatic carbocycles. The fraction of sp³-hybridized carbons (Fsp3) is 0.375. The third-order valence-electron chi connectivity index (χ3n) is 3.85. The van der Waals surface area contributed by atoms with Crippen LogP contribution in [0, 0.1) is 0 Å². The van der Waals surface area contributed by atoms with E-state index in [1.807, 2.05) is 0 Å². The molecule has 1 nitrogen and oxygen atoms in total. The highest BCUT2D eigenvalue weighted by atomic mass is 16.5. The maximum atomic E-state index is 6.14. The molecule has 1 saturated heterocycles. The zero-order chi connectivity index (χ0) is 11.9. The Bertz CT molecular complexity index is 541. The Morgan fingerprint density at radius 1 is 1.12 bits per heavy atom. The van der Waals surface area contributed by atoms with E-state index in [1.165, 1.54) is 16.3 Å². The molecule has 0 N–H and O–H groups in total. The van der Waals surface area contributed by atoms with Crippen LogP contribution in [-0.4, -0.2) is 6.10 Å². The zero-order valence-electron chi connectivity index (χ0n) is 10.4. The van der Waals surface area contributed by atoms with Gasteiger partial charge in [0.05, 0.1) is 11.7 Å². The summed E-state index contributed by atoms with van der Waals surface area (Å²) in [6.45, 7) is 4.38. The topological polar surface area (TPSA) is 9.23 Å². The second kappa shape index (κ2) is 3.85. The lowest BCUT2D eigenvalue weighted by atomic mass is 9.89. The van der Waals surface area contributed by atoms with Crippen molar-refractivity contribution < 1.29 is 4.74 Å². The highest BCUT2D eigenvalue weighted by Gasteiger charge is 2.36. The van der Waals surface area contributed by atoms with Gasteiger partial charge in [0.25, 0.3) is 0 Å². The first-order valence-electron chi connectivity index (χ1n) is 6.35. The van der Waals surface area contributed by atoms with Crippen molar-refractivity contribution in [2.75, 3.05) is 0 Å². The lowest BCUT2D eigenvalue weighted by molar-refractivity contribution is -0.0234. The molecular formula is C16H18O. The van der Waals surface area contributed by atoms with Crippen LogP contribution in [0.25, 0.3) is 10.8 Å². The van der Waals surface area contributed by atoms with Gasteiger partial charge in [0.1, 0.15) is 0 Å². The van der Waals surface area contributed by atoms with E-state index in [0.29, 0.717) is 6.10 Å². The summed E-state index contributed by atoms with van der Waals surface area (Å²) in [6.07, 6.45) is 2.64. The lowest BCUT2D eigenvalue weighted by Gasteiger charge is -2.26. The van der Waals surface area contributed by atoms with Crippen molar-refractivity contribution in [3.63, 3.8) is 0 Å². The summed E-state index contributed by atoms with van der Waals surface area (Å²) in [5.74, 6) is 0. The molecule has 0 spiro atoms. The quantitative estimate of drug-likeness (QED) is 0.706. The molecule has 17 heavy (non-hydrogen) atoms. The average Bonchev–Trinajstić information content (AvgIpc) is 2.70. The van der Waals surface area contributed by atoms with E-state index in [2.05, 4.69) is 56.3 Å². The van der Waals surface area contributed by atoms with Gasteiger partial charge in [-0.15, -0.1) is 0 Å². The summed E-state index contributed by atoms with van der Waals surface area (Å²) in [6, 6.07) is 15.1. The molecule has 0 amide bonds. The Labute approximate surface area is 102 Å². The minimum absolute atomic E-state index is 0.111. The average molecular weight is 226 g/mol. The van der Waals surface area contributed by atoms with Crippen LogP contribution < -0.4 is 0 Å². The molecule has 1 aliphatic rings. The molecule has 1 heteroatoms. The number of rotatable bonds is 1. The van der Waals surface area contributed by atoms with Crippen LogP contribution in [0.4, 0.5) is 0 Å². The maximum absolute atomic E-state index is 6.14. The van der Waals surface area contributed by atoms with Gasteiger partial charge in [-0.2, -0.15) is 0 Å².